The molecule has 0 radical (unpaired) electrons. The Balaban J connectivity index is 1.26. The second-order valence-corrected chi connectivity index (χ2v) is 8.64. The van der Waals surface area contributed by atoms with Crippen molar-refractivity contribution in [1.29, 1.82) is 0 Å². The van der Waals surface area contributed by atoms with Crippen LogP contribution >= 0.6 is 0 Å². The Labute approximate surface area is 178 Å². The summed E-state index contributed by atoms with van der Waals surface area (Å²) in [6.45, 7) is 3.82. The van der Waals surface area contributed by atoms with Gasteiger partial charge in [0.25, 0.3) is 6.43 Å². The Morgan fingerprint density at radius 3 is 2.65 bits per heavy atom. The van der Waals surface area contributed by atoms with Gasteiger partial charge < -0.3 is 14.9 Å². The molecular weight excluding hydrogens is 406 g/mol. The number of halogens is 2. The van der Waals surface area contributed by atoms with Crippen molar-refractivity contribution in [2.24, 2.45) is 5.92 Å². The van der Waals surface area contributed by atoms with Gasteiger partial charge in [-0.05, 0) is 43.2 Å². The molecule has 1 saturated carbocycles. The molecule has 2 fully saturated rings. The third kappa shape index (κ3) is 3.36. The molecule has 164 valence electrons. The van der Waals surface area contributed by atoms with Crippen LogP contribution in [0.1, 0.15) is 51.6 Å². The van der Waals surface area contributed by atoms with E-state index in [0.717, 1.165) is 29.8 Å². The number of hydrogen-bond acceptors (Lipinski definition) is 4. The number of amides is 1. The zero-order valence-electron chi connectivity index (χ0n) is 17.2. The zero-order valence-corrected chi connectivity index (χ0v) is 17.2. The monoisotopic (exact) mass is 430 g/mol. The number of aromatic carboxylic acids is 1. The number of piperazine rings is 1. The van der Waals surface area contributed by atoms with Gasteiger partial charge >= 0.3 is 5.97 Å². The largest absolute Gasteiger partial charge is 0.476 e. The molecule has 9 heteroatoms. The van der Waals surface area contributed by atoms with E-state index in [1.54, 1.807) is 22.6 Å². The number of carboxylic acids is 1. The van der Waals surface area contributed by atoms with E-state index in [2.05, 4.69) is 5.10 Å². The summed E-state index contributed by atoms with van der Waals surface area (Å²) >= 11 is 0. The molecule has 2 atom stereocenters. The fraction of sp³-hybridized carbons (Fsp3) is 0.500. The van der Waals surface area contributed by atoms with Crippen molar-refractivity contribution in [3.63, 3.8) is 0 Å². The van der Waals surface area contributed by atoms with Crippen LogP contribution in [0.5, 0.6) is 0 Å². The van der Waals surface area contributed by atoms with Crippen LogP contribution in [-0.4, -0.2) is 57.8 Å². The maximum atomic E-state index is 13.2. The van der Waals surface area contributed by atoms with E-state index in [9.17, 15) is 23.5 Å². The van der Waals surface area contributed by atoms with Crippen LogP contribution in [0.4, 0.5) is 14.5 Å². The first-order chi connectivity index (χ1) is 14.8. The van der Waals surface area contributed by atoms with Gasteiger partial charge in [0.1, 0.15) is 6.54 Å². The van der Waals surface area contributed by atoms with Crippen LogP contribution < -0.4 is 4.90 Å². The second kappa shape index (κ2) is 7.32. The molecule has 7 nitrogen and oxygen atoms in total. The number of fused-ring (bicyclic) bond motifs is 3. The zero-order chi connectivity index (χ0) is 21.9. The van der Waals surface area contributed by atoms with Gasteiger partial charge in [-0.1, -0.05) is 12.1 Å². The molecule has 1 N–H and O–H groups in total. The highest BCUT2D eigenvalue weighted by Crippen LogP contribution is 2.57. The van der Waals surface area contributed by atoms with Crippen LogP contribution in [0, 0.1) is 12.8 Å². The average Bonchev–Trinajstić information content (AvgIpc) is 3.26. The summed E-state index contributed by atoms with van der Waals surface area (Å²) in [5, 5.41) is 13.7. The van der Waals surface area contributed by atoms with Gasteiger partial charge in [0.05, 0.1) is 0 Å². The molecule has 2 heterocycles. The highest BCUT2D eigenvalue weighted by atomic mass is 19.3. The average molecular weight is 430 g/mol. The molecule has 1 aromatic carbocycles. The highest BCUT2D eigenvalue weighted by molar-refractivity contribution is 5.88. The minimum absolute atomic E-state index is 0.0367. The topological polar surface area (TPSA) is 78.7 Å². The molecular formula is C22H24F2N4O3. The number of hydrogen-bond donors (Lipinski definition) is 1. The standard InChI is InChI=1S/C22H24F2N4O3/c1-12-14(21(23)24)3-2-4-16(12)26-5-7-27(8-6-26)18(29)11-28-17-10-13-9-15(13)19(17)20(25-28)22(30)31/h2-4,13,15,21H,5-11H2,1H3,(H,30,31)/t13-,15-/m1/s1. The van der Waals surface area contributed by atoms with E-state index in [1.807, 2.05) is 11.0 Å². The van der Waals surface area contributed by atoms with Crippen molar-refractivity contribution in [2.45, 2.75) is 38.7 Å². The number of nitrogens with zero attached hydrogens (tertiary/aromatic N) is 4. The van der Waals surface area contributed by atoms with Crippen LogP contribution in [0.3, 0.4) is 0 Å². The molecule has 3 aliphatic rings. The van der Waals surface area contributed by atoms with Gasteiger partial charge in [-0.3, -0.25) is 9.48 Å². The summed E-state index contributed by atoms with van der Waals surface area (Å²) < 4.78 is 28.0. The van der Waals surface area contributed by atoms with Gasteiger partial charge in [-0.25, -0.2) is 13.6 Å². The lowest BCUT2D eigenvalue weighted by Crippen LogP contribution is -2.50. The minimum atomic E-state index is -2.51. The Morgan fingerprint density at radius 1 is 1.23 bits per heavy atom. The SMILES string of the molecule is Cc1c(C(F)F)cccc1N1CCN(C(=O)Cn2nc(C(=O)O)c3c2C[C@H]2C[C@@H]32)CC1. The third-order valence-electron chi connectivity index (χ3n) is 6.89. The number of carbonyl (C=O) groups is 2. The first kappa shape index (κ1) is 20.0. The van der Waals surface area contributed by atoms with Crippen molar-refractivity contribution in [1.82, 2.24) is 14.7 Å². The van der Waals surface area contributed by atoms with Gasteiger partial charge in [-0.2, -0.15) is 5.10 Å². The Kier molecular flexibility index (Phi) is 4.71. The van der Waals surface area contributed by atoms with Crippen LogP contribution in [0.15, 0.2) is 18.2 Å². The van der Waals surface area contributed by atoms with Crippen LogP contribution in [0.2, 0.25) is 0 Å². The first-order valence-corrected chi connectivity index (χ1v) is 10.6. The van der Waals surface area contributed by atoms with Gasteiger partial charge in [0, 0.05) is 48.7 Å². The molecule has 1 aliphatic heterocycles. The number of carboxylic acid groups (broad SMARTS) is 1. The maximum Gasteiger partial charge on any atom is 0.356 e. The molecule has 1 saturated heterocycles. The van der Waals surface area contributed by atoms with Crippen LogP contribution in [0.25, 0.3) is 0 Å². The molecule has 5 rings (SSSR count). The van der Waals surface area contributed by atoms with Crippen molar-refractivity contribution >= 4 is 17.6 Å². The lowest BCUT2D eigenvalue weighted by atomic mass is 10.1. The number of rotatable bonds is 5. The molecule has 2 aromatic rings. The lowest BCUT2D eigenvalue weighted by Gasteiger charge is -2.37. The van der Waals surface area contributed by atoms with E-state index < -0.39 is 12.4 Å². The van der Waals surface area contributed by atoms with Crippen molar-refractivity contribution in [3.05, 3.63) is 46.3 Å². The predicted molar refractivity (Wildman–Crippen MR) is 109 cm³/mol. The third-order valence-corrected chi connectivity index (χ3v) is 6.89. The summed E-state index contributed by atoms with van der Waals surface area (Å²) in [5.41, 5.74) is 3.20. The maximum absolute atomic E-state index is 13.2. The number of anilines is 1. The van der Waals surface area contributed by atoms with E-state index in [0.29, 0.717) is 43.6 Å². The Bertz CT molecular complexity index is 1060. The molecule has 1 amide bonds. The van der Waals surface area contributed by atoms with Gasteiger partial charge in [0.15, 0.2) is 5.69 Å². The van der Waals surface area contributed by atoms with Crippen molar-refractivity contribution < 1.29 is 23.5 Å². The summed E-state index contributed by atoms with van der Waals surface area (Å²) in [5.74, 6) is -0.338. The highest BCUT2D eigenvalue weighted by Gasteiger charge is 2.50. The minimum Gasteiger partial charge on any atom is -0.476 e. The van der Waals surface area contributed by atoms with Crippen molar-refractivity contribution in [2.75, 3.05) is 31.1 Å². The van der Waals surface area contributed by atoms with Gasteiger partial charge in [-0.15, -0.1) is 0 Å². The number of carbonyl (C=O) groups excluding carboxylic acids is 1. The summed E-state index contributed by atoms with van der Waals surface area (Å²) in [4.78, 5) is 28.2. The van der Waals surface area contributed by atoms with E-state index in [-0.39, 0.29) is 23.7 Å². The second-order valence-electron chi connectivity index (χ2n) is 8.64. The fourth-order valence-electron chi connectivity index (χ4n) is 5.12. The molecule has 0 unspecified atom stereocenters. The van der Waals surface area contributed by atoms with Crippen molar-refractivity contribution in [3.8, 4) is 0 Å². The molecule has 0 spiro atoms. The number of aromatic nitrogens is 2. The molecule has 31 heavy (non-hydrogen) atoms. The molecule has 0 bridgehead atoms. The number of alkyl halides is 2. The molecule has 2 aliphatic carbocycles. The normalized spacial score (nSPS) is 21.9. The summed E-state index contributed by atoms with van der Waals surface area (Å²) in [6, 6.07) is 4.93. The Morgan fingerprint density at radius 2 is 1.97 bits per heavy atom. The first-order valence-electron chi connectivity index (χ1n) is 10.6. The quantitative estimate of drug-likeness (QED) is 0.789. The van der Waals surface area contributed by atoms with E-state index in [4.69, 9.17) is 0 Å². The summed E-state index contributed by atoms with van der Waals surface area (Å²) in [6.07, 6.45) is -0.706. The van der Waals surface area contributed by atoms with Crippen LogP contribution in [-0.2, 0) is 17.8 Å². The van der Waals surface area contributed by atoms with E-state index in [1.165, 1.54) is 6.07 Å². The van der Waals surface area contributed by atoms with Gasteiger partial charge in [0.2, 0.25) is 5.91 Å². The lowest BCUT2D eigenvalue weighted by molar-refractivity contribution is -0.132. The Hall–Kier alpha value is -2.97. The summed E-state index contributed by atoms with van der Waals surface area (Å²) in [7, 11) is 0. The number of benzene rings is 1. The fourth-order valence-corrected chi connectivity index (χ4v) is 5.12. The smallest absolute Gasteiger partial charge is 0.356 e. The van der Waals surface area contributed by atoms with E-state index >= 15 is 0 Å². The molecule has 1 aromatic heterocycles. The predicted octanol–water partition coefficient (Wildman–Crippen LogP) is 2.84.